The molecule has 0 saturated heterocycles. The summed E-state index contributed by atoms with van der Waals surface area (Å²) in [5.41, 5.74) is 0.414. The molecule has 102 valence electrons. The molecule has 0 radical (unpaired) electrons. The number of aryl methyl sites for hydroxylation is 1. The molecule has 0 aliphatic heterocycles. The van der Waals surface area contributed by atoms with Crippen molar-refractivity contribution in [3.63, 3.8) is 0 Å². The summed E-state index contributed by atoms with van der Waals surface area (Å²) in [4.78, 5) is 10.1. The topological polar surface area (TPSA) is 46.5 Å². The van der Waals surface area contributed by atoms with Gasteiger partial charge in [0.25, 0.3) is 0 Å². The van der Waals surface area contributed by atoms with E-state index in [1.807, 2.05) is 5.92 Å². The fourth-order valence-corrected chi connectivity index (χ4v) is 1.44. The predicted octanol–water partition coefficient (Wildman–Crippen LogP) is 3.00. The molecule has 0 unspecified atom stereocenters. The van der Waals surface area contributed by atoms with Crippen molar-refractivity contribution in [2.24, 2.45) is 0 Å². The summed E-state index contributed by atoms with van der Waals surface area (Å²) >= 11 is 0. The maximum atomic E-state index is 12.1. The first-order valence-corrected chi connectivity index (χ1v) is 5.44. The van der Waals surface area contributed by atoms with Crippen molar-refractivity contribution in [1.82, 2.24) is 0 Å². The Labute approximate surface area is 108 Å². The standard InChI is InChI=1S/C13H11F3O3/c14-13(15,16)19-11-8-5-4-7-10(11)6-2-1-3-9-12(17)18/h4-5,7-8H,1-2,6H2,(H,17,18). The van der Waals surface area contributed by atoms with Crippen LogP contribution < -0.4 is 4.74 Å². The highest BCUT2D eigenvalue weighted by Gasteiger charge is 2.31. The fourth-order valence-electron chi connectivity index (χ4n) is 1.44. The van der Waals surface area contributed by atoms with Gasteiger partial charge < -0.3 is 9.84 Å². The van der Waals surface area contributed by atoms with Gasteiger partial charge in [-0.2, -0.15) is 0 Å². The molecule has 0 aromatic heterocycles. The van der Waals surface area contributed by atoms with E-state index in [1.54, 1.807) is 6.07 Å². The van der Waals surface area contributed by atoms with E-state index in [2.05, 4.69) is 10.7 Å². The maximum Gasteiger partial charge on any atom is 0.573 e. The van der Waals surface area contributed by atoms with Gasteiger partial charge in [0.1, 0.15) is 5.75 Å². The molecule has 0 amide bonds. The molecule has 6 heteroatoms. The normalized spacial score (nSPS) is 10.5. The molecule has 1 aromatic carbocycles. The zero-order chi connectivity index (χ0) is 14.3. The van der Waals surface area contributed by atoms with Gasteiger partial charge in [0.15, 0.2) is 0 Å². The number of hydrogen-bond acceptors (Lipinski definition) is 2. The molecule has 0 fully saturated rings. The molecule has 0 atom stereocenters. The quantitative estimate of drug-likeness (QED) is 0.677. The Morgan fingerprint density at radius 2 is 2.00 bits per heavy atom. The molecule has 1 N–H and O–H groups in total. The highest BCUT2D eigenvalue weighted by molar-refractivity contribution is 5.86. The summed E-state index contributed by atoms with van der Waals surface area (Å²) in [5, 5.41) is 8.28. The van der Waals surface area contributed by atoms with Crippen LogP contribution in [0.3, 0.4) is 0 Å². The van der Waals surface area contributed by atoms with Crippen LogP contribution in [0.4, 0.5) is 13.2 Å². The number of ether oxygens (including phenoxy) is 1. The Morgan fingerprint density at radius 3 is 2.63 bits per heavy atom. The molecule has 1 aromatic rings. The minimum Gasteiger partial charge on any atom is -0.472 e. The Balaban J connectivity index is 2.59. The van der Waals surface area contributed by atoms with E-state index < -0.39 is 12.3 Å². The van der Waals surface area contributed by atoms with Gasteiger partial charge in [0.2, 0.25) is 0 Å². The number of alkyl halides is 3. The van der Waals surface area contributed by atoms with E-state index in [4.69, 9.17) is 5.11 Å². The van der Waals surface area contributed by atoms with Gasteiger partial charge in [0.05, 0.1) is 0 Å². The molecule has 0 aliphatic rings. The number of benzene rings is 1. The first-order chi connectivity index (χ1) is 8.88. The van der Waals surface area contributed by atoms with Gasteiger partial charge in [-0.3, -0.25) is 0 Å². The van der Waals surface area contributed by atoms with Crippen molar-refractivity contribution >= 4 is 5.97 Å². The van der Waals surface area contributed by atoms with E-state index >= 15 is 0 Å². The second-order valence-corrected chi connectivity index (χ2v) is 3.62. The van der Waals surface area contributed by atoms with E-state index in [0.717, 1.165) is 0 Å². The minimum atomic E-state index is -4.72. The van der Waals surface area contributed by atoms with Crippen LogP contribution in [0.5, 0.6) is 5.75 Å². The summed E-state index contributed by atoms with van der Waals surface area (Å²) in [6.45, 7) is 0. The van der Waals surface area contributed by atoms with E-state index in [1.165, 1.54) is 18.2 Å². The monoisotopic (exact) mass is 272 g/mol. The molecule has 0 aliphatic carbocycles. The van der Waals surface area contributed by atoms with Crippen molar-refractivity contribution in [1.29, 1.82) is 0 Å². The number of carboxylic acid groups (broad SMARTS) is 1. The van der Waals surface area contributed by atoms with Crippen molar-refractivity contribution < 1.29 is 27.8 Å². The number of carbonyl (C=O) groups is 1. The number of halogens is 3. The van der Waals surface area contributed by atoms with Crippen molar-refractivity contribution in [3.8, 4) is 17.6 Å². The summed E-state index contributed by atoms with van der Waals surface area (Å²) < 4.78 is 40.3. The number of hydrogen-bond donors (Lipinski definition) is 1. The van der Waals surface area contributed by atoms with E-state index in [0.29, 0.717) is 24.8 Å². The molecular weight excluding hydrogens is 261 g/mol. The van der Waals surface area contributed by atoms with Crippen LogP contribution in [0, 0.1) is 11.8 Å². The molecular formula is C13H11F3O3. The summed E-state index contributed by atoms with van der Waals surface area (Å²) in [7, 11) is 0. The van der Waals surface area contributed by atoms with Gasteiger partial charge in [-0.25, -0.2) is 4.79 Å². The minimum absolute atomic E-state index is 0.235. The molecule has 0 heterocycles. The lowest BCUT2D eigenvalue weighted by Gasteiger charge is -2.12. The first kappa shape index (κ1) is 14.9. The molecule has 1 rings (SSSR count). The van der Waals surface area contributed by atoms with Crippen molar-refractivity contribution in [2.75, 3.05) is 0 Å². The summed E-state index contributed by atoms with van der Waals surface area (Å²) in [5.74, 6) is 2.89. The second kappa shape index (κ2) is 6.69. The highest BCUT2D eigenvalue weighted by atomic mass is 19.4. The van der Waals surface area contributed by atoms with Crippen LogP contribution in [0.2, 0.25) is 0 Å². The van der Waals surface area contributed by atoms with Gasteiger partial charge in [0, 0.05) is 12.3 Å². The summed E-state index contributed by atoms with van der Waals surface area (Å²) in [6.07, 6.45) is -3.63. The molecule has 0 bridgehead atoms. The number of aliphatic carboxylic acids is 1. The van der Waals surface area contributed by atoms with Crippen LogP contribution in [-0.4, -0.2) is 17.4 Å². The largest absolute Gasteiger partial charge is 0.573 e. The van der Waals surface area contributed by atoms with Crippen molar-refractivity contribution in [3.05, 3.63) is 29.8 Å². The first-order valence-electron chi connectivity index (χ1n) is 5.44. The molecule has 3 nitrogen and oxygen atoms in total. The molecule has 19 heavy (non-hydrogen) atoms. The maximum absolute atomic E-state index is 12.1. The predicted molar refractivity (Wildman–Crippen MR) is 61.5 cm³/mol. The Hall–Kier alpha value is -2.16. The van der Waals surface area contributed by atoms with Gasteiger partial charge in [-0.1, -0.05) is 24.1 Å². The van der Waals surface area contributed by atoms with Crippen molar-refractivity contribution in [2.45, 2.75) is 25.6 Å². The Kier molecular flexibility index (Phi) is 5.24. The Morgan fingerprint density at radius 1 is 1.32 bits per heavy atom. The zero-order valence-corrected chi connectivity index (χ0v) is 9.83. The lowest BCUT2D eigenvalue weighted by Crippen LogP contribution is -2.18. The van der Waals surface area contributed by atoms with Crippen LogP contribution in [0.25, 0.3) is 0 Å². The van der Waals surface area contributed by atoms with Crippen LogP contribution in [0.1, 0.15) is 18.4 Å². The summed E-state index contributed by atoms with van der Waals surface area (Å²) in [6, 6.07) is 5.84. The van der Waals surface area contributed by atoms with E-state index in [-0.39, 0.29) is 5.75 Å². The highest BCUT2D eigenvalue weighted by Crippen LogP contribution is 2.27. The fraction of sp³-hybridized carbons (Fsp3) is 0.308. The average Bonchev–Trinajstić information content (AvgIpc) is 2.28. The number of para-hydroxylation sites is 1. The Bertz CT molecular complexity index is 498. The number of carboxylic acids is 1. The van der Waals surface area contributed by atoms with E-state index in [9.17, 15) is 18.0 Å². The van der Waals surface area contributed by atoms with Crippen LogP contribution in [-0.2, 0) is 11.2 Å². The van der Waals surface area contributed by atoms with Crippen LogP contribution in [0.15, 0.2) is 24.3 Å². The van der Waals surface area contributed by atoms with Gasteiger partial charge >= 0.3 is 12.3 Å². The third kappa shape index (κ3) is 6.36. The smallest absolute Gasteiger partial charge is 0.472 e. The lowest BCUT2D eigenvalue weighted by atomic mass is 10.1. The molecule has 0 spiro atoms. The van der Waals surface area contributed by atoms with Gasteiger partial charge in [-0.05, 0) is 24.5 Å². The third-order valence-corrected chi connectivity index (χ3v) is 2.14. The second-order valence-electron chi connectivity index (χ2n) is 3.62. The average molecular weight is 272 g/mol. The third-order valence-electron chi connectivity index (χ3n) is 2.14. The zero-order valence-electron chi connectivity index (χ0n) is 9.83. The molecule has 0 saturated carbocycles. The SMILES string of the molecule is O=C(O)C#CCCCc1ccccc1OC(F)(F)F. The van der Waals surface area contributed by atoms with Gasteiger partial charge in [-0.15, -0.1) is 13.2 Å². The number of rotatable bonds is 4. The number of unbranched alkanes of at least 4 members (excludes halogenated alkanes) is 1. The van der Waals surface area contributed by atoms with Crippen LogP contribution >= 0.6 is 0 Å². The lowest BCUT2D eigenvalue weighted by molar-refractivity contribution is -0.274.